The molecule has 0 radical (unpaired) electrons. The number of anilines is 1. The maximum atomic E-state index is 11.4. The molecule has 1 heterocycles. The van der Waals surface area contributed by atoms with Crippen molar-refractivity contribution >= 4 is 27.7 Å². The maximum Gasteiger partial charge on any atom is 0.341 e. The van der Waals surface area contributed by atoms with Crippen molar-refractivity contribution < 1.29 is 9.53 Å². The molecule has 5 heteroatoms. The quantitative estimate of drug-likeness (QED) is 0.837. The number of methoxy groups -OCH3 is 1. The Morgan fingerprint density at radius 2 is 2.18 bits per heavy atom. The second-order valence-corrected chi connectivity index (χ2v) is 4.43. The van der Waals surface area contributed by atoms with E-state index >= 15 is 0 Å². The van der Waals surface area contributed by atoms with Crippen molar-refractivity contribution in [2.24, 2.45) is 0 Å². The smallest absolute Gasteiger partial charge is 0.341 e. The molecule has 0 saturated heterocycles. The number of nitrogens with one attached hydrogen (secondary N) is 1. The highest BCUT2D eigenvalue weighted by Crippen LogP contribution is 2.26. The zero-order valence-electron chi connectivity index (χ0n) is 9.16. The van der Waals surface area contributed by atoms with Crippen LogP contribution < -0.4 is 5.73 Å². The molecule has 1 aromatic heterocycles. The van der Waals surface area contributed by atoms with Gasteiger partial charge in [0, 0.05) is 10.2 Å². The van der Waals surface area contributed by atoms with E-state index in [-0.39, 0.29) is 0 Å². The van der Waals surface area contributed by atoms with Crippen LogP contribution in [-0.4, -0.2) is 18.1 Å². The predicted molar refractivity (Wildman–Crippen MR) is 69.7 cm³/mol. The van der Waals surface area contributed by atoms with Gasteiger partial charge < -0.3 is 15.5 Å². The largest absolute Gasteiger partial charge is 0.465 e. The van der Waals surface area contributed by atoms with Crippen LogP contribution in [0.1, 0.15) is 10.4 Å². The summed E-state index contributed by atoms with van der Waals surface area (Å²) in [5.41, 5.74) is 7.80. The zero-order chi connectivity index (χ0) is 12.4. The van der Waals surface area contributed by atoms with E-state index in [1.165, 1.54) is 7.11 Å². The Morgan fingerprint density at radius 3 is 2.82 bits per heavy atom. The maximum absolute atomic E-state index is 11.4. The van der Waals surface area contributed by atoms with Gasteiger partial charge in [0.2, 0.25) is 0 Å². The minimum atomic E-state index is -0.444. The second kappa shape index (κ2) is 4.63. The van der Waals surface area contributed by atoms with E-state index in [0.717, 1.165) is 15.7 Å². The summed E-state index contributed by atoms with van der Waals surface area (Å²) in [6, 6.07) is 9.39. The molecule has 0 aliphatic heterocycles. The SMILES string of the molecule is COC(=O)c1cc(-c2cccc(Br)c2)[nH]c1N. The van der Waals surface area contributed by atoms with E-state index in [1.54, 1.807) is 6.07 Å². The molecule has 3 N–H and O–H groups in total. The summed E-state index contributed by atoms with van der Waals surface area (Å²) in [5.74, 6) is -0.133. The number of esters is 1. The topological polar surface area (TPSA) is 68.1 Å². The van der Waals surface area contributed by atoms with Gasteiger partial charge >= 0.3 is 5.97 Å². The third-order valence-corrected chi connectivity index (χ3v) is 2.88. The third kappa shape index (κ3) is 2.34. The number of nitrogens with two attached hydrogens (primary N) is 1. The zero-order valence-corrected chi connectivity index (χ0v) is 10.7. The average Bonchev–Trinajstić information content (AvgIpc) is 2.70. The highest BCUT2D eigenvalue weighted by Gasteiger charge is 2.14. The van der Waals surface area contributed by atoms with Crippen LogP contribution in [0.15, 0.2) is 34.8 Å². The molecule has 0 saturated carbocycles. The molecule has 0 aliphatic rings. The fourth-order valence-corrected chi connectivity index (χ4v) is 1.96. The lowest BCUT2D eigenvalue weighted by atomic mass is 10.1. The van der Waals surface area contributed by atoms with E-state index in [2.05, 4.69) is 25.7 Å². The van der Waals surface area contributed by atoms with Gasteiger partial charge in [-0.1, -0.05) is 28.1 Å². The molecule has 0 amide bonds. The summed E-state index contributed by atoms with van der Waals surface area (Å²) in [6.07, 6.45) is 0. The number of aromatic nitrogens is 1. The first-order chi connectivity index (χ1) is 8.11. The molecule has 0 fully saturated rings. The van der Waals surface area contributed by atoms with Gasteiger partial charge in [-0.2, -0.15) is 0 Å². The van der Waals surface area contributed by atoms with Crippen LogP contribution >= 0.6 is 15.9 Å². The van der Waals surface area contributed by atoms with Gasteiger partial charge in [-0.15, -0.1) is 0 Å². The Bertz CT molecular complexity index is 563. The summed E-state index contributed by atoms with van der Waals surface area (Å²) in [6.45, 7) is 0. The van der Waals surface area contributed by atoms with Gasteiger partial charge in [0.15, 0.2) is 0 Å². The minimum Gasteiger partial charge on any atom is -0.465 e. The number of nitrogen functional groups attached to an aromatic ring is 1. The van der Waals surface area contributed by atoms with Crippen molar-refractivity contribution in [2.45, 2.75) is 0 Å². The third-order valence-electron chi connectivity index (χ3n) is 2.39. The molecule has 1 aromatic carbocycles. The number of hydrogen-bond acceptors (Lipinski definition) is 3. The second-order valence-electron chi connectivity index (χ2n) is 3.51. The van der Waals surface area contributed by atoms with Crippen molar-refractivity contribution in [2.75, 3.05) is 12.8 Å². The number of rotatable bonds is 2. The Morgan fingerprint density at radius 1 is 1.41 bits per heavy atom. The van der Waals surface area contributed by atoms with Gasteiger partial charge in [-0.3, -0.25) is 0 Å². The molecule has 17 heavy (non-hydrogen) atoms. The van der Waals surface area contributed by atoms with Crippen molar-refractivity contribution in [3.05, 3.63) is 40.4 Å². The van der Waals surface area contributed by atoms with Gasteiger partial charge in [0.25, 0.3) is 0 Å². The number of benzene rings is 1. The number of ether oxygens (including phenoxy) is 1. The van der Waals surface area contributed by atoms with Crippen LogP contribution in [0.5, 0.6) is 0 Å². The van der Waals surface area contributed by atoms with Crippen LogP contribution in [0.25, 0.3) is 11.3 Å². The molecule has 4 nitrogen and oxygen atoms in total. The van der Waals surface area contributed by atoms with Gasteiger partial charge in [0.05, 0.1) is 7.11 Å². The number of halogens is 1. The number of aromatic amines is 1. The number of hydrogen-bond donors (Lipinski definition) is 2. The molecule has 2 rings (SSSR count). The lowest BCUT2D eigenvalue weighted by Crippen LogP contribution is -2.02. The van der Waals surface area contributed by atoms with Crippen LogP contribution in [0.4, 0.5) is 5.82 Å². The summed E-state index contributed by atoms with van der Waals surface area (Å²) in [4.78, 5) is 14.4. The lowest BCUT2D eigenvalue weighted by Gasteiger charge is -1.97. The number of carbonyl (C=O) groups excluding carboxylic acids is 1. The molecule has 0 unspecified atom stereocenters. The molecule has 0 bridgehead atoms. The van der Waals surface area contributed by atoms with Gasteiger partial charge in [-0.25, -0.2) is 4.79 Å². The Hall–Kier alpha value is -1.75. The minimum absolute atomic E-state index is 0.312. The van der Waals surface area contributed by atoms with E-state index < -0.39 is 5.97 Å². The number of carbonyl (C=O) groups is 1. The first-order valence-corrected chi connectivity index (χ1v) is 5.74. The Balaban J connectivity index is 2.44. The summed E-state index contributed by atoms with van der Waals surface area (Å²) in [5, 5.41) is 0. The molecular weight excluding hydrogens is 284 g/mol. The molecule has 0 spiro atoms. The highest BCUT2D eigenvalue weighted by atomic mass is 79.9. The molecule has 0 atom stereocenters. The predicted octanol–water partition coefficient (Wildman–Crippen LogP) is 2.81. The standard InChI is InChI=1S/C12H11BrN2O2/c1-17-12(16)9-6-10(15-11(9)14)7-3-2-4-8(13)5-7/h2-6,15H,14H2,1H3. The van der Waals surface area contributed by atoms with E-state index in [0.29, 0.717) is 11.4 Å². The number of H-pyrrole nitrogens is 1. The summed E-state index contributed by atoms with van der Waals surface area (Å²) < 4.78 is 5.60. The van der Waals surface area contributed by atoms with Crippen molar-refractivity contribution in [1.29, 1.82) is 0 Å². The monoisotopic (exact) mass is 294 g/mol. The van der Waals surface area contributed by atoms with E-state index in [4.69, 9.17) is 5.73 Å². The normalized spacial score (nSPS) is 10.2. The van der Waals surface area contributed by atoms with E-state index in [9.17, 15) is 4.79 Å². The summed E-state index contributed by atoms with van der Waals surface area (Å²) in [7, 11) is 1.33. The van der Waals surface area contributed by atoms with Crippen molar-refractivity contribution in [1.82, 2.24) is 4.98 Å². The highest BCUT2D eigenvalue weighted by molar-refractivity contribution is 9.10. The fraction of sp³-hybridized carbons (Fsp3) is 0.0833. The van der Waals surface area contributed by atoms with Crippen LogP contribution in [0.2, 0.25) is 0 Å². The van der Waals surface area contributed by atoms with Crippen LogP contribution in [0, 0.1) is 0 Å². The van der Waals surface area contributed by atoms with Gasteiger partial charge in [-0.05, 0) is 23.8 Å². The molecule has 88 valence electrons. The van der Waals surface area contributed by atoms with Gasteiger partial charge in [0.1, 0.15) is 11.4 Å². The fourth-order valence-electron chi connectivity index (χ4n) is 1.56. The molecule has 0 aliphatic carbocycles. The molecule has 2 aromatic rings. The summed E-state index contributed by atoms with van der Waals surface area (Å²) >= 11 is 3.39. The lowest BCUT2D eigenvalue weighted by molar-refractivity contribution is 0.0602. The van der Waals surface area contributed by atoms with Crippen LogP contribution in [0.3, 0.4) is 0 Å². The molecular formula is C12H11BrN2O2. The average molecular weight is 295 g/mol. The first-order valence-electron chi connectivity index (χ1n) is 4.94. The van der Waals surface area contributed by atoms with Crippen molar-refractivity contribution in [3.8, 4) is 11.3 Å². The van der Waals surface area contributed by atoms with Crippen LogP contribution in [-0.2, 0) is 4.74 Å². The Labute approximate surface area is 107 Å². The Kier molecular flexibility index (Phi) is 3.19. The van der Waals surface area contributed by atoms with Crippen molar-refractivity contribution in [3.63, 3.8) is 0 Å². The first kappa shape index (κ1) is 11.7. The van der Waals surface area contributed by atoms with E-state index in [1.807, 2.05) is 24.3 Å².